The Balaban J connectivity index is 3.64. The molecule has 0 saturated carbocycles. The minimum absolute atomic E-state index is 0.0110. The fourth-order valence-corrected chi connectivity index (χ4v) is 1.68. The lowest BCUT2D eigenvalue weighted by Gasteiger charge is -2.09. The first-order valence-corrected chi connectivity index (χ1v) is 7.13. The average molecular weight is 252 g/mol. The summed E-state index contributed by atoms with van der Waals surface area (Å²) in [5.74, 6) is 0.101. The van der Waals surface area contributed by atoms with Crippen LogP contribution in [0, 0.1) is 5.92 Å². The zero-order valence-corrected chi connectivity index (χ0v) is 11.9. The molecule has 0 bridgehead atoms. The van der Waals surface area contributed by atoms with Gasteiger partial charge in [0, 0.05) is 12.3 Å². The minimum Gasteiger partial charge on any atom is -0.388 e. The van der Waals surface area contributed by atoms with E-state index in [9.17, 15) is 9.90 Å². The van der Waals surface area contributed by atoms with E-state index in [2.05, 4.69) is 13.5 Å². The summed E-state index contributed by atoms with van der Waals surface area (Å²) in [6.45, 7) is 7.69. The molecule has 104 valence electrons. The molecule has 0 aliphatic heterocycles. The first-order valence-electron chi connectivity index (χ1n) is 7.13. The summed E-state index contributed by atoms with van der Waals surface area (Å²) < 4.78 is 0. The van der Waals surface area contributed by atoms with Crippen LogP contribution in [0.4, 0.5) is 0 Å². The fraction of sp³-hybridized carbons (Fsp3) is 0.688. The van der Waals surface area contributed by atoms with Crippen LogP contribution in [0.15, 0.2) is 24.8 Å². The number of ketones is 1. The normalized spacial score (nSPS) is 14.6. The van der Waals surface area contributed by atoms with E-state index < -0.39 is 6.10 Å². The number of unbranched alkanes of at least 4 members (excludes halogenated alkanes) is 5. The standard InChI is InChI=1S/C16H28O2/c1-4-6-7-8-9-10-11-15(17)12-13-16(18)14(3)5-2/h5,12-14,16,18H,2,4,6-11H2,1,3H3/b13-12+/t14-,16-/m1/s1. The van der Waals surface area contributed by atoms with Crippen LogP contribution in [0.25, 0.3) is 0 Å². The van der Waals surface area contributed by atoms with E-state index in [0.29, 0.717) is 6.42 Å². The third kappa shape index (κ3) is 9.17. The Kier molecular flexibility index (Phi) is 10.7. The quantitative estimate of drug-likeness (QED) is 0.342. The molecule has 0 saturated heterocycles. The fourth-order valence-electron chi connectivity index (χ4n) is 1.68. The molecular weight excluding hydrogens is 224 g/mol. The zero-order valence-electron chi connectivity index (χ0n) is 11.9. The van der Waals surface area contributed by atoms with Gasteiger partial charge < -0.3 is 5.11 Å². The van der Waals surface area contributed by atoms with Gasteiger partial charge in [0.2, 0.25) is 0 Å². The predicted molar refractivity (Wildman–Crippen MR) is 77.5 cm³/mol. The molecular formula is C16H28O2. The van der Waals surface area contributed by atoms with E-state index in [0.717, 1.165) is 12.8 Å². The van der Waals surface area contributed by atoms with Crippen molar-refractivity contribution >= 4 is 5.78 Å². The molecule has 0 aliphatic carbocycles. The van der Waals surface area contributed by atoms with Gasteiger partial charge in [-0.15, -0.1) is 6.58 Å². The summed E-state index contributed by atoms with van der Waals surface area (Å²) >= 11 is 0. The molecule has 0 heterocycles. The third-order valence-corrected chi connectivity index (χ3v) is 3.17. The van der Waals surface area contributed by atoms with Crippen LogP contribution in [0.2, 0.25) is 0 Å². The van der Waals surface area contributed by atoms with E-state index in [1.165, 1.54) is 31.8 Å². The van der Waals surface area contributed by atoms with Crippen LogP contribution in [-0.2, 0) is 4.79 Å². The summed E-state index contributed by atoms with van der Waals surface area (Å²) in [7, 11) is 0. The van der Waals surface area contributed by atoms with Crippen molar-refractivity contribution in [3.63, 3.8) is 0 Å². The number of aliphatic hydroxyl groups excluding tert-OH is 1. The minimum atomic E-state index is -0.601. The maximum atomic E-state index is 11.5. The smallest absolute Gasteiger partial charge is 0.155 e. The van der Waals surface area contributed by atoms with Crippen molar-refractivity contribution < 1.29 is 9.90 Å². The Morgan fingerprint density at radius 3 is 2.44 bits per heavy atom. The van der Waals surface area contributed by atoms with E-state index in [1.807, 2.05) is 6.92 Å². The number of carbonyl (C=O) groups is 1. The Morgan fingerprint density at radius 2 is 1.83 bits per heavy atom. The van der Waals surface area contributed by atoms with Crippen molar-refractivity contribution in [3.05, 3.63) is 24.8 Å². The van der Waals surface area contributed by atoms with Crippen LogP contribution in [0.1, 0.15) is 58.8 Å². The van der Waals surface area contributed by atoms with Crippen LogP contribution in [0.3, 0.4) is 0 Å². The van der Waals surface area contributed by atoms with E-state index in [1.54, 1.807) is 12.2 Å². The largest absolute Gasteiger partial charge is 0.388 e. The van der Waals surface area contributed by atoms with Crippen molar-refractivity contribution in [1.82, 2.24) is 0 Å². The first kappa shape index (κ1) is 17.1. The molecule has 0 fully saturated rings. The molecule has 0 aliphatic rings. The molecule has 1 N–H and O–H groups in total. The molecule has 0 amide bonds. The second kappa shape index (κ2) is 11.2. The van der Waals surface area contributed by atoms with Crippen molar-refractivity contribution in [2.24, 2.45) is 5.92 Å². The Labute approximate surface area is 112 Å². The zero-order chi connectivity index (χ0) is 13.8. The van der Waals surface area contributed by atoms with E-state index >= 15 is 0 Å². The van der Waals surface area contributed by atoms with Crippen molar-refractivity contribution in [2.75, 3.05) is 0 Å². The lowest BCUT2D eigenvalue weighted by Crippen LogP contribution is -2.12. The van der Waals surface area contributed by atoms with Crippen molar-refractivity contribution in [1.29, 1.82) is 0 Å². The topological polar surface area (TPSA) is 37.3 Å². The highest BCUT2D eigenvalue weighted by atomic mass is 16.3. The third-order valence-electron chi connectivity index (χ3n) is 3.17. The molecule has 0 spiro atoms. The lowest BCUT2D eigenvalue weighted by molar-refractivity contribution is -0.114. The highest BCUT2D eigenvalue weighted by molar-refractivity contribution is 5.89. The molecule has 2 heteroatoms. The SMILES string of the molecule is C=C[C@@H](C)[C@H](O)/C=C/C(=O)CCCCCCCC. The summed E-state index contributed by atoms with van der Waals surface area (Å²) in [4.78, 5) is 11.5. The molecule has 0 aromatic heterocycles. The number of aliphatic hydroxyl groups is 1. The lowest BCUT2D eigenvalue weighted by atomic mass is 10.0. The maximum Gasteiger partial charge on any atom is 0.155 e. The number of hydrogen-bond donors (Lipinski definition) is 1. The van der Waals surface area contributed by atoms with Gasteiger partial charge in [-0.1, -0.05) is 58.1 Å². The van der Waals surface area contributed by atoms with Gasteiger partial charge in [0.05, 0.1) is 6.10 Å². The molecule has 0 unspecified atom stereocenters. The number of allylic oxidation sites excluding steroid dienone is 1. The predicted octanol–water partition coefficient (Wildman–Crippen LogP) is 4.05. The van der Waals surface area contributed by atoms with Gasteiger partial charge in [0.1, 0.15) is 0 Å². The van der Waals surface area contributed by atoms with Gasteiger partial charge in [-0.3, -0.25) is 4.79 Å². The van der Waals surface area contributed by atoms with Gasteiger partial charge in [-0.2, -0.15) is 0 Å². The molecule has 0 rings (SSSR count). The average Bonchev–Trinajstić information content (AvgIpc) is 2.38. The monoisotopic (exact) mass is 252 g/mol. The molecule has 2 atom stereocenters. The molecule has 0 aromatic rings. The van der Waals surface area contributed by atoms with Crippen molar-refractivity contribution in [3.8, 4) is 0 Å². The summed E-state index contributed by atoms with van der Waals surface area (Å²) in [5.41, 5.74) is 0. The van der Waals surface area contributed by atoms with Crippen LogP contribution >= 0.6 is 0 Å². The summed E-state index contributed by atoms with van der Waals surface area (Å²) in [5, 5.41) is 9.62. The number of rotatable bonds is 11. The van der Waals surface area contributed by atoms with Crippen molar-refractivity contribution in [2.45, 2.75) is 64.9 Å². The Bertz CT molecular complexity index is 256. The van der Waals surface area contributed by atoms with Gasteiger partial charge in [-0.25, -0.2) is 0 Å². The highest BCUT2D eigenvalue weighted by Gasteiger charge is 2.06. The molecule has 0 radical (unpaired) electrons. The van der Waals surface area contributed by atoms with Crippen LogP contribution < -0.4 is 0 Å². The molecule has 2 nitrogen and oxygen atoms in total. The van der Waals surface area contributed by atoms with Gasteiger partial charge in [-0.05, 0) is 12.5 Å². The molecule has 0 aromatic carbocycles. The first-order chi connectivity index (χ1) is 8.61. The second-order valence-corrected chi connectivity index (χ2v) is 4.93. The van der Waals surface area contributed by atoms with E-state index in [4.69, 9.17) is 0 Å². The maximum absolute atomic E-state index is 11.5. The van der Waals surface area contributed by atoms with Gasteiger partial charge in [0.15, 0.2) is 5.78 Å². The Hall–Kier alpha value is -0.890. The molecule has 18 heavy (non-hydrogen) atoms. The summed E-state index contributed by atoms with van der Waals surface area (Å²) in [6.07, 6.45) is 11.9. The Morgan fingerprint density at radius 1 is 1.22 bits per heavy atom. The number of hydrogen-bond acceptors (Lipinski definition) is 2. The van der Waals surface area contributed by atoms with Gasteiger partial charge >= 0.3 is 0 Å². The van der Waals surface area contributed by atoms with Gasteiger partial charge in [0.25, 0.3) is 0 Å². The second-order valence-electron chi connectivity index (χ2n) is 4.93. The highest BCUT2D eigenvalue weighted by Crippen LogP contribution is 2.08. The summed E-state index contributed by atoms with van der Waals surface area (Å²) in [6, 6.07) is 0. The number of carbonyl (C=O) groups excluding carboxylic acids is 1. The van der Waals surface area contributed by atoms with Crippen LogP contribution in [0.5, 0.6) is 0 Å². The van der Waals surface area contributed by atoms with Crippen LogP contribution in [-0.4, -0.2) is 17.0 Å². The van der Waals surface area contributed by atoms with E-state index in [-0.39, 0.29) is 11.7 Å².